The van der Waals surface area contributed by atoms with Gasteiger partial charge in [-0.1, -0.05) is 0 Å². The van der Waals surface area contributed by atoms with E-state index in [0.29, 0.717) is 19.6 Å². The van der Waals surface area contributed by atoms with Crippen LogP contribution < -0.4 is 0 Å². The maximum absolute atomic E-state index is 9.07. The van der Waals surface area contributed by atoms with Crippen LogP contribution in [0.4, 0.5) is 0 Å². The van der Waals surface area contributed by atoms with E-state index in [0.717, 1.165) is 0 Å². The SMILES string of the molecule is CCOC(C[C@H](O)CO)OCC. The van der Waals surface area contributed by atoms with Crippen molar-refractivity contribution in [3.8, 4) is 0 Å². The van der Waals surface area contributed by atoms with E-state index >= 15 is 0 Å². The minimum absolute atomic E-state index is 0.253. The fraction of sp³-hybridized carbons (Fsp3) is 1.00. The molecule has 0 spiro atoms. The summed E-state index contributed by atoms with van der Waals surface area (Å²) in [6.45, 7) is 4.55. The molecule has 12 heavy (non-hydrogen) atoms. The van der Waals surface area contributed by atoms with Crippen molar-refractivity contribution in [2.24, 2.45) is 0 Å². The lowest BCUT2D eigenvalue weighted by Gasteiger charge is -2.18. The zero-order valence-electron chi connectivity index (χ0n) is 7.69. The molecule has 0 aliphatic rings. The summed E-state index contributed by atoms with van der Waals surface area (Å²) < 4.78 is 10.3. The highest BCUT2D eigenvalue weighted by atomic mass is 16.7. The topological polar surface area (TPSA) is 58.9 Å². The zero-order chi connectivity index (χ0) is 9.40. The molecule has 4 nitrogen and oxygen atoms in total. The van der Waals surface area contributed by atoms with Gasteiger partial charge in [0.05, 0.1) is 12.7 Å². The first-order valence-electron chi connectivity index (χ1n) is 4.26. The number of hydrogen-bond donors (Lipinski definition) is 2. The molecule has 74 valence electrons. The third kappa shape index (κ3) is 5.49. The van der Waals surface area contributed by atoms with Crippen LogP contribution in [0.15, 0.2) is 0 Å². The minimum atomic E-state index is -0.756. The number of ether oxygens (including phenoxy) is 2. The lowest BCUT2D eigenvalue weighted by Crippen LogP contribution is -2.25. The van der Waals surface area contributed by atoms with E-state index < -0.39 is 12.4 Å². The fourth-order valence-corrected chi connectivity index (χ4v) is 0.853. The van der Waals surface area contributed by atoms with E-state index in [2.05, 4.69) is 0 Å². The molecule has 0 aromatic heterocycles. The van der Waals surface area contributed by atoms with Crippen molar-refractivity contribution >= 4 is 0 Å². The van der Waals surface area contributed by atoms with E-state index in [1.807, 2.05) is 13.8 Å². The Kier molecular flexibility index (Phi) is 7.39. The lowest BCUT2D eigenvalue weighted by molar-refractivity contribution is -0.155. The molecular formula is C8H18O4. The predicted molar refractivity (Wildman–Crippen MR) is 44.7 cm³/mol. The van der Waals surface area contributed by atoms with Gasteiger partial charge in [0.1, 0.15) is 0 Å². The van der Waals surface area contributed by atoms with E-state index in [9.17, 15) is 0 Å². The molecule has 2 N–H and O–H groups in total. The van der Waals surface area contributed by atoms with E-state index in [4.69, 9.17) is 19.7 Å². The lowest BCUT2D eigenvalue weighted by atomic mass is 10.2. The van der Waals surface area contributed by atoms with Gasteiger partial charge in [0, 0.05) is 19.6 Å². The van der Waals surface area contributed by atoms with Gasteiger partial charge in [-0.25, -0.2) is 0 Å². The Balaban J connectivity index is 3.61. The van der Waals surface area contributed by atoms with Crippen molar-refractivity contribution in [2.75, 3.05) is 19.8 Å². The summed E-state index contributed by atoms with van der Waals surface area (Å²) in [5, 5.41) is 17.6. The molecule has 0 amide bonds. The van der Waals surface area contributed by atoms with Crippen molar-refractivity contribution < 1.29 is 19.7 Å². The standard InChI is InChI=1S/C8H18O4/c1-3-11-8(12-4-2)5-7(10)6-9/h7-10H,3-6H2,1-2H3/t7-/m0/s1. The fourth-order valence-electron chi connectivity index (χ4n) is 0.853. The van der Waals surface area contributed by atoms with Gasteiger partial charge < -0.3 is 19.7 Å². The summed E-state index contributed by atoms with van der Waals surface area (Å²) >= 11 is 0. The molecule has 0 saturated heterocycles. The molecule has 0 aromatic carbocycles. The van der Waals surface area contributed by atoms with Gasteiger partial charge in [-0.2, -0.15) is 0 Å². The van der Waals surface area contributed by atoms with Gasteiger partial charge >= 0.3 is 0 Å². The van der Waals surface area contributed by atoms with Crippen LogP contribution in [0.1, 0.15) is 20.3 Å². The Bertz CT molecular complexity index is 91.1. The molecule has 0 bridgehead atoms. The maximum atomic E-state index is 9.07. The minimum Gasteiger partial charge on any atom is -0.394 e. The molecule has 4 heteroatoms. The first kappa shape index (κ1) is 11.8. The molecule has 0 fully saturated rings. The van der Waals surface area contributed by atoms with Crippen molar-refractivity contribution in [1.29, 1.82) is 0 Å². The Morgan fingerprint density at radius 2 is 1.67 bits per heavy atom. The van der Waals surface area contributed by atoms with E-state index in [1.54, 1.807) is 0 Å². The van der Waals surface area contributed by atoms with Crippen LogP contribution in [0, 0.1) is 0 Å². The van der Waals surface area contributed by atoms with E-state index in [-0.39, 0.29) is 6.61 Å². The van der Waals surface area contributed by atoms with Crippen molar-refractivity contribution in [3.63, 3.8) is 0 Å². The largest absolute Gasteiger partial charge is 0.394 e. The number of rotatable bonds is 7. The molecule has 0 unspecified atom stereocenters. The second-order valence-electron chi connectivity index (χ2n) is 2.41. The quantitative estimate of drug-likeness (QED) is 0.544. The first-order valence-corrected chi connectivity index (χ1v) is 4.26. The van der Waals surface area contributed by atoms with Crippen molar-refractivity contribution in [3.05, 3.63) is 0 Å². The summed E-state index contributed by atoms with van der Waals surface area (Å²) in [5.41, 5.74) is 0. The third-order valence-electron chi connectivity index (χ3n) is 1.38. The van der Waals surface area contributed by atoms with Crippen LogP contribution in [0.5, 0.6) is 0 Å². The van der Waals surface area contributed by atoms with Gasteiger partial charge in [-0.15, -0.1) is 0 Å². The Morgan fingerprint density at radius 3 is 2.00 bits per heavy atom. The van der Waals surface area contributed by atoms with Crippen LogP contribution in [-0.2, 0) is 9.47 Å². The average molecular weight is 178 g/mol. The van der Waals surface area contributed by atoms with Crippen LogP contribution in [-0.4, -0.2) is 42.4 Å². The Morgan fingerprint density at radius 1 is 1.17 bits per heavy atom. The molecule has 0 rings (SSSR count). The van der Waals surface area contributed by atoms with Gasteiger partial charge in [-0.05, 0) is 13.8 Å². The third-order valence-corrected chi connectivity index (χ3v) is 1.38. The molecular weight excluding hydrogens is 160 g/mol. The molecule has 0 aromatic rings. The second-order valence-corrected chi connectivity index (χ2v) is 2.41. The van der Waals surface area contributed by atoms with Crippen molar-refractivity contribution in [2.45, 2.75) is 32.7 Å². The predicted octanol–water partition coefficient (Wildman–Crippen LogP) is 0.129. The van der Waals surface area contributed by atoms with Gasteiger partial charge in [0.15, 0.2) is 6.29 Å². The highest BCUT2D eigenvalue weighted by molar-refractivity contribution is 4.55. The molecule has 1 atom stereocenters. The van der Waals surface area contributed by atoms with Crippen LogP contribution >= 0.6 is 0 Å². The number of hydrogen-bond acceptors (Lipinski definition) is 4. The monoisotopic (exact) mass is 178 g/mol. The number of aliphatic hydroxyl groups excluding tert-OH is 2. The second kappa shape index (κ2) is 7.49. The summed E-state index contributed by atoms with van der Waals surface area (Å²) in [6, 6.07) is 0. The normalized spacial score (nSPS) is 13.8. The van der Waals surface area contributed by atoms with E-state index in [1.165, 1.54) is 0 Å². The van der Waals surface area contributed by atoms with Crippen LogP contribution in [0.25, 0.3) is 0 Å². The van der Waals surface area contributed by atoms with Gasteiger partial charge in [0.25, 0.3) is 0 Å². The summed E-state index contributed by atoms with van der Waals surface area (Å²) in [7, 11) is 0. The summed E-state index contributed by atoms with van der Waals surface area (Å²) in [4.78, 5) is 0. The smallest absolute Gasteiger partial charge is 0.160 e. The molecule has 0 aliphatic heterocycles. The highest BCUT2D eigenvalue weighted by Crippen LogP contribution is 2.04. The highest BCUT2D eigenvalue weighted by Gasteiger charge is 2.13. The zero-order valence-corrected chi connectivity index (χ0v) is 7.69. The number of aliphatic hydroxyl groups is 2. The van der Waals surface area contributed by atoms with Gasteiger partial charge in [-0.3, -0.25) is 0 Å². The Hall–Kier alpha value is -0.160. The molecule has 0 radical (unpaired) electrons. The van der Waals surface area contributed by atoms with Crippen LogP contribution in [0.3, 0.4) is 0 Å². The average Bonchev–Trinajstić information content (AvgIpc) is 2.05. The van der Waals surface area contributed by atoms with Crippen LogP contribution in [0.2, 0.25) is 0 Å². The molecule has 0 aliphatic carbocycles. The maximum Gasteiger partial charge on any atom is 0.160 e. The molecule has 0 heterocycles. The molecule has 0 saturated carbocycles. The summed E-state index contributed by atoms with van der Waals surface area (Å²) in [6.07, 6.45) is -0.840. The first-order chi connectivity index (χ1) is 5.74. The van der Waals surface area contributed by atoms with Crippen molar-refractivity contribution in [1.82, 2.24) is 0 Å². The Labute approximate surface area is 73.1 Å². The van der Waals surface area contributed by atoms with Gasteiger partial charge in [0.2, 0.25) is 0 Å². The summed E-state index contributed by atoms with van der Waals surface area (Å²) in [5.74, 6) is 0.